The number of rotatable bonds is 4. The van der Waals surface area contributed by atoms with E-state index >= 15 is 0 Å². The molecule has 3 heterocycles. The SMILES string of the molecule is CC(C)(C)OC(=O)NCC(=O)N1CCC(n2cc(B3OC(C)(C)C(C)(C)O3)cn2)CC1. The van der Waals surface area contributed by atoms with Gasteiger partial charge in [0, 0.05) is 30.9 Å². The van der Waals surface area contributed by atoms with Gasteiger partial charge in [-0.1, -0.05) is 0 Å². The molecule has 0 bridgehead atoms. The van der Waals surface area contributed by atoms with Gasteiger partial charge in [-0.05, 0) is 61.3 Å². The van der Waals surface area contributed by atoms with Crippen LogP contribution in [0.1, 0.15) is 67.3 Å². The van der Waals surface area contributed by atoms with Crippen molar-refractivity contribution in [3.63, 3.8) is 0 Å². The number of alkyl carbamates (subject to hydrolysis) is 1. The molecule has 2 fully saturated rings. The summed E-state index contributed by atoms with van der Waals surface area (Å²) in [7, 11) is -0.431. The van der Waals surface area contributed by atoms with Crippen molar-refractivity contribution < 1.29 is 23.6 Å². The molecule has 172 valence electrons. The summed E-state index contributed by atoms with van der Waals surface area (Å²) in [6.45, 7) is 14.6. The molecule has 0 radical (unpaired) electrons. The van der Waals surface area contributed by atoms with Crippen LogP contribution in [0.4, 0.5) is 4.79 Å². The highest BCUT2D eigenvalue weighted by atomic mass is 16.7. The largest absolute Gasteiger partial charge is 0.498 e. The predicted molar refractivity (Wildman–Crippen MR) is 117 cm³/mol. The average molecular weight is 434 g/mol. The number of nitrogens with zero attached hydrogens (tertiary/aromatic N) is 3. The molecular weight excluding hydrogens is 399 g/mol. The molecule has 0 aromatic carbocycles. The third kappa shape index (κ3) is 5.60. The summed E-state index contributed by atoms with van der Waals surface area (Å²) in [5, 5.41) is 7.05. The quantitative estimate of drug-likeness (QED) is 0.728. The van der Waals surface area contributed by atoms with Crippen molar-refractivity contribution in [3.05, 3.63) is 12.4 Å². The Morgan fingerprint density at radius 2 is 1.77 bits per heavy atom. The molecule has 0 unspecified atom stereocenters. The lowest BCUT2D eigenvalue weighted by Gasteiger charge is -2.32. The van der Waals surface area contributed by atoms with Gasteiger partial charge in [0.15, 0.2) is 0 Å². The van der Waals surface area contributed by atoms with Gasteiger partial charge in [-0.15, -0.1) is 0 Å². The first-order chi connectivity index (χ1) is 14.3. The lowest BCUT2D eigenvalue weighted by Crippen LogP contribution is -2.45. The predicted octanol–water partition coefficient (Wildman–Crippen LogP) is 1.87. The summed E-state index contributed by atoms with van der Waals surface area (Å²) < 4.78 is 19.3. The summed E-state index contributed by atoms with van der Waals surface area (Å²) in [5.74, 6) is -0.109. The van der Waals surface area contributed by atoms with Gasteiger partial charge in [0.05, 0.1) is 17.2 Å². The Morgan fingerprint density at radius 1 is 1.19 bits per heavy atom. The number of hydrogen-bond acceptors (Lipinski definition) is 6. The van der Waals surface area contributed by atoms with Crippen molar-refractivity contribution in [1.82, 2.24) is 20.0 Å². The first kappa shape index (κ1) is 23.6. The van der Waals surface area contributed by atoms with Crippen LogP contribution in [0.25, 0.3) is 0 Å². The van der Waals surface area contributed by atoms with Crippen LogP contribution in [-0.4, -0.2) is 70.2 Å². The molecule has 0 saturated carbocycles. The van der Waals surface area contributed by atoms with Crippen LogP contribution in [0.3, 0.4) is 0 Å². The molecule has 1 aromatic heterocycles. The fourth-order valence-corrected chi connectivity index (χ4v) is 3.61. The number of amides is 2. The molecule has 2 aliphatic rings. The molecule has 0 aliphatic carbocycles. The Labute approximate surface area is 184 Å². The zero-order valence-corrected chi connectivity index (χ0v) is 19.7. The number of likely N-dealkylation sites (tertiary alicyclic amines) is 1. The minimum Gasteiger partial charge on any atom is -0.444 e. The van der Waals surface area contributed by atoms with Gasteiger partial charge in [0.2, 0.25) is 5.91 Å². The number of aromatic nitrogens is 2. The zero-order valence-electron chi connectivity index (χ0n) is 19.7. The normalized spacial score (nSPS) is 21.3. The van der Waals surface area contributed by atoms with Gasteiger partial charge in [0.1, 0.15) is 12.1 Å². The van der Waals surface area contributed by atoms with E-state index in [1.54, 1.807) is 31.9 Å². The fourth-order valence-electron chi connectivity index (χ4n) is 3.61. The maximum absolute atomic E-state index is 12.4. The van der Waals surface area contributed by atoms with E-state index in [4.69, 9.17) is 14.0 Å². The van der Waals surface area contributed by atoms with E-state index < -0.39 is 30.0 Å². The van der Waals surface area contributed by atoms with E-state index in [0.717, 1.165) is 18.3 Å². The second-order valence-electron chi connectivity index (χ2n) is 10.3. The molecule has 2 aliphatic heterocycles. The Morgan fingerprint density at radius 3 is 2.32 bits per heavy atom. The lowest BCUT2D eigenvalue weighted by molar-refractivity contribution is -0.131. The smallest absolute Gasteiger partial charge is 0.444 e. The van der Waals surface area contributed by atoms with Gasteiger partial charge in [-0.25, -0.2) is 4.79 Å². The third-order valence-electron chi connectivity index (χ3n) is 6.12. The number of carbonyl (C=O) groups excluding carboxylic acids is 2. The van der Waals surface area contributed by atoms with Crippen molar-refractivity contribution in [3.8, 4) is 0 Å². The first-order valence-corrected chi connectivity index (χ1v) is 10.9. The fraction of sp³-hybridized carbons (Fsp3) is 0.762. The highest BCUT2D eigenvalue weighted by molar-refractivity contribution is 6.62. The molecule has 0 spiro atoms. The molecule has 31 heavy (non-hydrogen) atoms. The van der Waals surface area contributed by atoms with E-state index in [1.807, 2.05) is 38.6 Å². The van der Waals surface area contributed by atoms with E-state index in [-0.39, 0.29) is 18.5 Å². The highest BCUT2D eigenvalue weighted by Crippen LogP contribution is 2.36. The lowest BCUT2D eigenvalue weighted by atomic mass is 9.82. The van der Waals surface area contributed by atoms with E-state index in [0.29, 0.717) is 13.1 Å². The molecule has 3 rings (SSSR count). The maximum Gasteiger partial charge on any atom is 0.498 e. The summed E-state index contributed by atoms with van der Waals surface area (Å²) in [5.41, 5.74) is -0.468. The number of piperidine rings is 1. The molecular formula is C21H35BN4O5. The standard InChI is InChI=1S/C21H35BN4O5/c1-19(2,3)29-18(28)23-13-17(27)25-10-8-16(9-11-25)26-14-15(12-24-26)22-30-20(4,5)21(6,7)31-22/h12,14,16H,8-11,13H2,1-7H3,(H,23,28). The molecule has 0 atom stereocenters. The Bertz CT molecular complexity index is 793. The van der Waals surface area contributed by atoms with Crippen LogP contribution in [-0.2, 0) is 18.8 Å². The molecule has 10 heteroatoms. The van der Waals surface area contributed by atoms with Crippen molar-refractivity contribution in [2.45, 2.75) is 84.2 Å². The topological polar surface area (TPSA) is 94.9 Å². The number of carbonyl (C=O) groups is 2. The van der Waals surface area contributed by atoms with E-state index in [1.165, 1.54) is 0 Å². The van der Waals surface area contributed by atoms with Gasteiger partial charge in [-0.3, -0.25) is 9.48 Å². The van der Waals surface area contributed by atoms with Crippen LogP contribution in [0.15, 0.2) is 12.4 Å². The second-order valence-corrected chi connectivity index (χ2v) is 10.3. The number of ether oxygens (including phenoxy) is 1. The average Bonchev–Trinajstić information content (AvgIpc) is 3.21. The van der Waals surface area contributed by atoms with Gasteiger partial charge in [-0.2, -0.15) is 5.10 Å². The van der Waals surface area contributed by atoms with Crippen molar-refractivity contribution >= 4 is 24.6 Å². The van der Waals surface area contributed by atoms with Crippen LogP contribution in [0.2, 0.25) is 0 Å². The van der Waals surface area contributed by atoms with Crippen molar-refractivity contribution in [2.24, 2.45) is 0 Å². The van der Waals surface area contributed by atoms with Crippen LogP contribution in [0, 0.1) is 0 Å². The van der Waals surface area contributed by atoms with Crippen molar-refractivity contribution in [2.75, 3.05) is 19.6 Å². The summed E-state index contributed by atoms with van der Waals surface area (Å²) >= 11 is 0. The Hall–Kier alpha value is -2.07. The summed E-state index contributed by atoms with van der Waals surface area (Å²) in [6, 6.07) is 0.207. The van der Waals surface area contributed by atoms with Gasteiger partial charge in [0.25, 0.3) is 0 Å². The van der Waals surface area contributed by atoms with Crippen LogP contribution < -0.4 is 10.8 Å². The Balaban J connectivity index is 1.48. The number of hydrogen-bond donors (Lipinski definition) is 1. The number of nitrogens with one attached hydrogen (secondary N) is 1. The van der Waals surface area contributed by atoms with Crippen molar-refractivity contribution in [1.29, 1.82) is 0 Å². The monoisotopic (exact) mass is 434 g/mol. The Kier molecular flexibility index (Phi) is 6.44. The summed E-state index contributed by atoms with van der Waals surface area (Å²) in [4.78, 5) is 25.9. The van der Waals surface area contributed by atoms with E-state index in [9.17, 15) is 9.59 Å². The minimum absolute atomic E-state index is 0.0621. The molecule has 2 amide bonds. The molecule has 1 N–H and O–H groups in total. The maximum atomic E-state index is 12.4. The third-order valence-corrected chi connectivity index (χ3v) is 6.12. The highest BCUT2D eigenvalue weighted by Gasteiger charge is 2.52. The van der Waals surface area contributed by atoms with Crippen LogP contribution >= 0.6 is 0 Å². The molecule has 9 nitrogen and oxygen atoms in total. The second kappa shape index (κ2) is 8.46. The first-order valence-electron chi connectivity index (χ1n) is 10.9. The zero-order chi connectivity index (χ0) is 23.0. The van der Waals surface area contributed by atoms with Gasteiger partial charge < -0.3 is 24.3 Å². The van der Waals surface area contributed by atoms with Gasteiger partial charge >= 0.3 is 13.2 Å². The summed E-state index contributed by atoms with van der Waals surface area (Å²) in [6.07, 6.45) is 4.78. The van der Waals surface area contributed by atoms with E-state index in [2.05, 4.69) is 10.4 Å². The molecule has 1 aromatic rings. The van der Waals surface area contributed by atoms with Crippen LogP contribution in [0.5, 0.6) is 0 Å². The minimum atomic E-state index is -0.589. The molecule has 2 saturated heterocycles.